The monoisotopic (exact) mass is 557 g/mol. The number of anilines is 1. The smallest absolute Gasteiger partial charge is 0.263 e. The molecule has 3 unspecified atom stereocenters. The number of hydrogen-bond acceptors (Lipinski definition) is 5. The SMILES string of the molecule is CC(C/C=C/CN1CCC1)CS(=O)NC(=O)c1ccc(OCC2CCCc3cc(Cl)ccc32)c(N(C)C)c1. The number of hydrogen-bond donors (Lipinski definition) is 1. The minimum Gasteiger partial charge on any atom is -0.491 e. The molecule has 0 aromatic heterocycles. The van der Waals surface area contributed by atoms with Crippen LogP contribution in [0.15, 0.2) is 48.6 Å². The van der Waals surface area contributed by atoms with E-state index in [1.54, 1.807) is 12.1 Å². The molecule has 1 aliphatic carbocycles. The summed E-state index contributed by atoms with van der Waals surface area (Å²) in [6.07, 6.45) is 9.73. The molecule has 0 saturated carbocycles. The topological polar surface area (TPSA) is 61.9 Å². The average Bonchev–Trinajstić information content (AvgIpc) is 2.85. The molecule has 1 amide bonds. The first kappa shape index (κ1) is 28.7. The number of ether oxygens (including phenoxy) is 1. The van der Waals surface area contributed by atoms with E-state index in [0.717, 1.165) is 48.7 Å². The molecule has 1 heterocycles. The maximum Gasteiger partial charge on any atom is 0.263 e. The maximum atomic E-state index is 12.9. The zero-order valence-electron chi connectivity index (χ0n) is 22.7. The average molecular weight is 558 g/mol. The Bertz CT molecular complexity index is 1170. The molecule has 4 rings (SSSR count). The van der Waals surface area contributed by atoms with Crippen LogP contribution in [0.3, 0.4) is 0 Å². The van der Waals surface area contributed by atoms with Crippen molar-refractivity contribution in [3.8, 4) is 5.75 Å². The Kier molecular flexibility index (Phi) is 10.3. The lowest BCUT2D eigenvalue weighted by molar-refractivity contribution is 0.0983. The van der Waals surface area contributed by atoms with Crippen LogP contribution in [0.4, 0.5) is 5.69 Å². The zero-order chi connectivity index (χ0) is 27.1. The molecule has 2 aromatic rings. The van der Waals surface area contributed by atoms with E-state index in [-0.39, 0.29) is 11.8 Å². The second-order valence-electron chi connectivity index (χ2n) is 10.7. The molecule has 1 N–H and O–H groups in total. The Labute approximate surface area is 235 Å². The molecule has 2 aliphatic rings. The number of rotatable bonds is 12. The third-order valence-corrected chi connectivity index (χ3v) is 8.87. The van der Waals surface area contributed by atoms with Crippen molar-refractivity contribution < 1.29 is 13.7 Å². The summed E-state index contributed by atoms with van der Waals surface area (Å²) in [5, 5.41) is 0.777. The molecule has 1 aliphatic heterocycles. The Hall–Kier alpha value is -2.35. The number of carbonyl (C=O) groups is 1. The van der Waals surface area contributed by atoms with Gasteiger partial charge in [-0.2, -0.15) is 0 Å². The first-order valence-corrected chi connectivity index (χ1v) is 15.3. The van der Waals surface area contributed by atoms with Crippen molar-refractivity contribution in [1.29, 1.82) is 0 Å². The van der Waals surface area contributed by atoms with Crippen LogP contribution in [-0.4, -0.2) is 61.1 Å². The molecule has 206 valence electrons. The van der Waals surface area contributed by atoms with E-state index >= 15 is 0 Å². The van der Waals surface area contributed by atoms with Gasteiger partial charge in [0.2, 0.25) is 0 Å². The second-order valence-corrected chi connectivity index (χ2v) is 12.4. The summed E-state index contributed by atoms with van der Waals surface area (Å²) in [4.78, 5) is 17.2. The fourth-order valence-electron chi connectivity index (χ4n) is 5.02. The van der Waals surface area contributed by atoms with E-state index in [1.807, 2.05) is 31.1 Å². The minimum absolute atomic E-state index is 0.220. The fraction of sp³-hybridized carbons (Fsp3) is 0.500. The van der Waals surface area contributed by atoms with E-state index in [4.69, 9.17) is 16.3 Å². The van der Waals surface area contributed by atoms with E-state index in [2.05, 4.69) is 40.8 Å². The number of carbonyl (C=O) groups excluding carboxylic acids is 1. The lowest BCUT2D eigenvalue weighted by atomic mass is 9.83. The highest BCUT2D eigenvalue weighted by Gasteiger charge is 2.22. The summed E-state index contributed by atoms with van der Waals surface area (Å²) in [6, 6.07) is 11.5. The number of allylic oxidation sites excluding steroid dienone is 1. The molecule has 3 atom stereocenters. The van der Waals surface area contributed by atoms with Gasteiger partial charge in [-0.3, -0.25) is 14.4 Å². The van der Waals surface area contributed by atoms with Crippen LogP contribution in [0.1, 0.15) is 60.0 Å². The van der Waals surface area contributed by atoms with Gasteiger partial charge in [-0.15, -0.1) is 0 Å². The van der Waals surface area contributed by atoms with Gasteiger partial charge in [-0.25, -0.2) is 4.21 Å². The molecule has 0 spiro atoms. The van der Waals surface area contributed by atoms with Crippen LogP contribution < -0.4 is 14.4 Å². The first-order valence-electron chi connectivity index (χ1n) is 13.6. The third kappa shape index (κ3) is 7.84. The third-order valence-electron chi connectivity index (χ3n) is 7.35. The van der Waals surface area contributed by atoms with Gasteiger partial charge in [0.25, 0.3) is 5.91 Å². The number of fused-ring (bicyclic) bond motifs is 1. The van der Waals surface area contributed by atoms with Gasteiger partial charge in [-0.1, -0.05) is 36.7 Å². The quantitative estimate of drug-likeness (QED) is 0.345. The van der Waals surface area contributed by atoms with E-state index in [9.17, 15) is 9.00 Å². The van der Waals surface area contributed by atoms with Crippen molar-refractivity contribution in [2.45, 2.75) is 44.9 Å². The van der Waals surface area contributed by atoms with Crippen LogP contribution in [0.25, 0.3) is 0 Å². The van der Waals surface area contributed by atoms with Crippen LogP contribution in [0.5, 0.6) is 5.75 Å². The number of halogens is 1. The zero-order valence-corrected chi connectivity index (χ0v) is 24.3. The number of aryl methyl sites for hydroxylation is 1. The van der Waals surface area contributed by atoms with Crippen molar-refractivity contribution in [3.63, 3.8) is 0 Å². The summed E-state index contributed by atoms with van der Waals surface area (Å²) < 4.78 is 21.6. The standard InChI is InChI=1S/C30H40ClN3O3S/c1-22(8-4-5-15-34-16-7-17-34)21-38(36)32-30(35)24-11-14-29(28(19-24)33(2)3)37-20-25-10-6-9-23-18-26(31)12-13-27(23)25/h4-5,11-14,18-19,22,25H,6-10,15-17,20-21H2,1-3H3,(H,32,35)/b5-4+. The predicted molar refractivity (Wildman–Crippen MR) is 158 cm³/mol. The highest BCUT2D eigenvalue weighted by Crippen LogP contribution is 2.35. The van der Waals surface area contributed by atoms with Crippen LogP contribution in [0.2, 0.25) is 5.02 Å². The van der Waals surface area contributed by atoms with Crippen molar-refractivity contribution in [2.75, 3.05) is 51.0 Å². The highest BCUT2D eigenvalue weighted by atomic mass is 35.5. The van der Waals surface area contributed by atoms with Gasteiger partial charge < -0.3 is 9.64 Å². The minimum atomic E-state index is -1.44. The molecule has 1 saturated heterocycles. The van der Waals surface area contributed by atoms with Crippen LogP contribution >= 0.6 is 11.6 Å². The van der Waals surface area contributed by atoms with Gasteiger partial charge in [0.05, 0.1) is 12.3 Å². The Morgan fingerprint density at radius 2 is 2.03 bits per heavy atom. The van der Waals surface area contributed by atoms with Crippen molar-refractivity contribution in [3.05, 3.63) is 70.3 Å². The number of nitrogens with one attached hydrogen (secondary N) is 1. The number of amides is 1. The van der Waals surface area contributed by atoms with Crippen LogP contribution in [-0.2, 0) is 17.4 Å². The summed E-state index contributed by atoms with van der Waals surface area (Å²) in [5.41, 5.74) is 3.90. The second kappa shape index (κ2) is 13.6. The highest BCUT2D eigenvalue weighted by molar-refractivity contribution is 7.83. The van der Waals surface area contributed by atoms with Gasteiger partial charge in [-0.05, 0) is 92.6 Å². The van der Waals surface area contributed by atoms with E-state index in [0.29, 0.717) is 23.8 Å². The number of benzene rings is 2. The maximum absolute atomic E-state index is 12.9. The summed E-state index contributed by atoms with van der Waals surface area (Å²) in [7, 11) is 2.42. The summed E-state index contributed by atoms with van der Waals surface area (Å²) in [5.74, 6) is 1.35. The predicted octanol–water partition coefficient (Wildman–Crippen LogP) is 5.59. The molecular weight excluding hydrogens is 518 g/mol. The summed E-state index contributed by atoms with van der Waals surface area (Å²) in [6.45, 7) is 5.99. The Balaban J connectivity index is 1.31. The first-order chi connectivity index (χ1) is 18.3. The lowest BCUT2D eigenvalue weighted by Crippen LogP contribution is -2.36. The number of likely N-dealkylation sites (tertiary alicyclic amines) is 1. The van der Waals surface area contributed by atoms with E-state index < -0.39 is 11.0 Å². The molecule has 1 fully saturated rings. The van der Waals surface area contributed by atoms with Gasteiger partial charge in [0.15, 0.2) is 0 Å². The van der Waals surface area contributed by atoms with E-state index in [1.165, 1.54) is 30.6 Å². The molecular formula is C30H40ClN3O3S. The number of nitrogens with zero attached hydrogens (tertiary/aromatic N) is 2. The lowest BCUT2D eigenvalue weighted by Gasteiger charge is -2.29. The molecule has 38 heavy (non-hydrogen) atoms. The largest absolute Gasteiger partial charge is 0.491 e. The van der Waals surface area contributed by atoms with Crippen molar-refractivity contribution >= 4 is 34.2 Å². The van der Waals surface area contributed by atoms with Crippen molar-refractivity contribution in [1.82, 2.24) is 9.62 Å². The van der Waals surface area contributed by atoms with Gasteiger partial charge >= 0.3 is 0 Å². The molecule has 0 radical (unpaired) electrons. The Morgan fingerprint density at radius 3 is 2.76 bits per heavy atom. The van der Waals surface area contributed by atoms with Gasteiger partial charge in [0.1, 0.15) is 16.7 Å². The Morgan fingerprint density at radius 1 is 1.21 bits per heavy atom. The molecule has 0 bridgehead atoms. The van der Waals surface area contributed by atoms with Crippen molar-refractivity contribution in [2.24, 2.45) is 5.92 Å². The fourth-order valence-corrected chi connectivity index (χ4v) is 6.28. The molecule has 6 nitrogen and oxygen atoms in total. The molecule has 8 heteroatoms. The summed E-state index contributed by atoms with van der Waals surface area (Å²) >= 11 is 6.20. The van der Waals surface area contributed by atoms with Crippen LogP contribution in [0, 0.1) is 5.92 Å². The molecule has 2 aromatic carbocycles. The van der Waals surface area contributed by atoms with Gasteiger partial charge in [0, 0.05) is 42.9 Å². The normalized spacial score (nSPS) is 18.9.